The van der Waals surface area contributed by atoms with Crippen molar-refractivity contribution in [1.82, 2.24) is 0 Å². The van der Waals surface area contributed by atoms with Crippen LogP contribution < -0.4 is 9.47 Å². The molecular weight excluding hydrogens is 450 g/mol. The van der Waals surface area contributed by atoms with E-state index in [-0.39, 0.29) is 5.75 Å². The molecule has 0 amide bonds. The van der Waals surface area contributed by atoms with Crippen molar-refractivity contribution in [1.29, 1.82) is 5.26 Å². The van der Waals surface area contributed by atoms with Gasteiger partial charge in [-0.15, -0.1) is 0 Å². The van der Waals surface area contributed by atoms with E-state index in [1.807, 2.05) is 18.2 Å². The van der Waals surface area contributed by atoms with Gasteiger partial charge in [0.05, 0.1) is 11.6 Å². The van der Waals surface area contributed by atoms with Crippen LogP contribution in [0.4, 0.5) is 0 Å². The highest BCUT2D eigenvalue weighted by Crippen LogP contribution is 2.26. The fourth-order valence-corrected chi connectivity index (χ4v) is 3.65. The normalized spacial score (nSPS) is 12.3. The summed E-state index contributed by atoms with van der Waals surface area (Å²) in [6.45, 7) is 5.52. The molecule has 1 unspecified atom stereocenters. The van der Waals surface area contributed by atoms with Crippen LogP contribution >= 0.6 is 0 Å². The molecule has 0 fully saturated rings. The molecule has 0 aliphatic rings. The maximum Gasteiger partial charge on any atom is 0.343 e. The maximum absolute atomic E-state index is 12.6. The summed E-state index contributed by atoms with van der Waals surface area (Å²) in [5, 5.41) is 9.21. The molecule has 0 saturated carbocycles. The van der Waals surface area contributed by atoms with Gasteiger partial charge in [0, 0.05) is 0 Å². The Bertz CT molecular complexity index is 1190. The van der Waals surface area contributed by atoms with Gasteiger partial charge in [-0.2, -0.15) is 5.26 Å². The molecule has 5 nitrogen and oxygen atoms in total. The molecule has 3 aromatic rings. The first kappa shape index (κ1) is 26.7. The molecule has 0 saturated heterocycles. The Hall–Kier alpha value is -3.91. The molecule has 0 spiro atoms. The number of carbonyl (C=O) groups is 2. The summed E-state index contributed by atoms with van der Waals surface area (Å²) in [4.78, 5) is 24.8. The van der Waals surface area contributed by atoms with Gasteiger partial charge >= 0.3 is 11.9 Å². The van der Waals surface area contributed by atoms with E-state index in [0.717, 1.165) is 17.5 Å². The van der Waals surface area contributed by atoms with Gasteiger partial charge in [0.2, 0.25) is 0 Å². The SMILES string of the molecule is CCCCCCc1ccc(-c2ccc(C(=O)Oc3ccc(OC(=O)C(C)(C#N)CC)cc3)cc2)cc1. The van der Waals surface area contributed by atoms with Crippen molar-refractivity contribution >= 4 is 11.9 Å². The third kappa shape index (κ3) is 7.05. The molecule has 0 radical (unpaired) electrons. The average molecular weight is 484 g/mol. The van der Waals surface area contributed by atoms with E-state index in [1.54, 1.807) is 38.1 Å². The fraction of sp³-hybridized carbons (Fsp3) is 0.323. The van der Waals surface area contributed by atoms with E-state index in [4.69, 9.17) is 9.47 Å². The van der Waals surface area contributed by atoms with Crippen molar-refractivity contribution < 1.29 is 19.1 Å². The van der Waals surface area contributed by atoms with E-state index < -0.39 is 17.4 Å². The molecule has 5 heteroatoms. The quantitative estimate of drug-likeness (QED) is 0.160. The Morgan fingerprint density at radius 3 is 1.86 bits per heavy atom. The molecule has 186 valence electrons. The summed E-state index contributed by atoms with van der Waals surface area (Å²) in [7, 11) is 0. The van der Waals surface area contributed by atoms with Crippen molar-refractivity contribution in [2.45, 2.75) is 59.3 Å². The van der Waals surface area contributed by atoms with E-state index in [1.165, 1.54) is 43.4 Å². The molecule has 0 aliphatic carbocycles. The molecule has 0 heterocycles. The topological polar surface area (TPSA) is 76.4 Å². The predicted molar refractivity (Wildman–Crippen MR) is 141 cm³/mol. The van der Waals surface area contributed by atoms with Crippen LogP contribution in [0, 0.1) is 16.7 Å². The van der Waals surface area contributed by atoms with Crippen molar-refractivity contribution in [3.63, 3.8) is 0 Å². The molecule has 3 rings (SSSR count). The summed E-state index contributed by atoms with van der Waals surface area (Å²) in [6.07, 6.45) is 6.48. The Morgan fingerprint density at radius 2 is 1.33 bits per heavy atom. The third-order valence-corrected chi connectivity index (χ3v) is 6.38. The molecule has 3 aromatic carbocycles. The minimum atomic E-state index is -1.20. The van der Waals surface area contributed by atoms with Crippen LogP contribution in [0.1, 0.15) is 68.8 Å². The van der Waals surface area contributed by atoms with Crippen LogP contribution in [-0.4, -0.2) is 11.9 Å². The summed E-state index contributed by atoms with van der Waals surface area (Å²) < 4.78 is 10.7. The second kappa shape index (κ2) is 12.7. The second-order valence-electron chi connectivity index (χ2n) is 9.13. The highest BCUT2D eigenvalue weighted by Gasteiger charge is 2.33. The number of hydrogen-bond acceptors (Lipinski definition) is 5. The van der Waals surface area contributed by atoms with Crippen molar-refractivity contribution in [3.05, 3.63) is 83.9 Å². The van der Waals surface area contributed by atoms with E-state index >= 15 is 0 Å². The standard InChI is InChI=1S/C31H33NO4/c1-4-6-7-8-9-23-10-12-24(13-11-23)25-14-16-26(17-15-25)29(33)35-27-18-20-28(21-19-27)36-30(34)31(3,5-2)22-32/h10-21H,4-9H2,1-3H3. The van der Waals surface area contributed by atoms with E-state index in [0.29, 0.717) is 17.7 Å². The maximum atomic E-state index is 12.6. The Balaban J connectivity index is 1.56. The highest BCUT2D eigenvalue weighted by molar-refractivity contribution is 5.91. The molecule has 0 aromatic heterocycles. The lowest BCUT2D eigenvalue weighted by molar-refractivity contribution is -0.142. The van der Waals surface area contributed by atoms with Gasteiger partial charge in [0.1, 0.15) is 11.5 Å². The molecule has 1 atom stereocenters. The molecular formula is C31H33NO4. The number of nitriles is 1. The van der Waals surface area contributed by atoms with Crippen LogP contribution in [0.2, 0.25) is 0 Å². The van der Waals surface area contributed by atoms with Gasteiger partial charge < -0.3 is 9.47 Å². The number of rotatable bonds is 11. The van der Waals surface area contributed by atoms with Gasteiger partial charge in [-0.1, -0.05) is 69.5 Å². The number of nitrogens with zero attached hydrogens (tertiary/aromatic N) is 1. The first-order valence-electron chi connectivity index (χ1n) is 12.5. The van der Waals surface area contributed by atoms with Gasteiger partial charge in [-0.25, -0.2) is 9.59 Å². The van der Waals surface area contributed by atoms with Gasteiger partial charge in [-0.05, 0) is 79.3 Å². The van der Waals surface area contributed by atoms with Crippen molar-refractivity contribution in [2.24, 2.45) is 5.41 Å². The fourth-order valence-electron chi connectivity index (χ4n) is 3.65. The number of esters is 2. The number of aryl methyl sites for hydroxylation is 1. The van der Waals surface area contributed by atoms with Crippen LogP contribution in [0.25, 0.3) is 11.1 Å². The number of unbranched alkanes of at least 4 members (excludes halogenated alkanes) is 3. The molecule has 36 heavy (non-hydrogen) atoms. The Morgan fingerprint density at radius 1 is 0.778 bits per heavy atom. The van der Waals surface area contributed by atoms with E-state index in [2.05, 4.69) is 31.2 Å². The number of benzene rings is 3. The monoisotopic (exact) mass is 483 g/mol. The molecule has 0 bridgehead atoms. The summed E-state index contributed by atoms with van der Waals surface area (Å²) in [5.74, 6) is -0.473. The Kier molecular flexibility index (Phi) is 9.41. The zero-order valence-corrected chi connectivity index (χ0v) is 21.3. The van der Waals surface area contributed by atoms with Gasteiger partial charge in [0.25, 0.3) is 0 Å². The first-order chi connectivity index (χ1) is 17.4. The molecule has 0 aliphatic heterocycles. The summed E-state index contributed by atoms with van der Waals surface area (Å²) in [6, 6.07) is 24.1. The minimum Gasteiger partial charge on any atom is -0.425 e. The van der Waals surface area contributed by atoms with Crippen LogP contribution in [0.5, 0.6) is 11.5 Å². The largest absolute Gasteiger partial charge is 0.425 e. The van der Waals surface area contributed by atoms with Crippen LogP contribution in [0.15, 0.2) is 72.8 Å². The third-order valence-electron chi connectivity index (χ3n) is 6.38. The highest BCUT2D eigenvalue weighted by atomic mass is 16.5. The van der Waals surface area contributed by atoms with Crippen LogP contribution in [0.3, 0.4) is 0 Å². The summed E-state index contributed by atoms with van der Waals surface area (Å²) in [5.41, 5.74) is 2.72. The predicted octanol–water partition coefficient (Wildman–Crippen LogP) is 7.54. The van der Waals surface area contributed by atoms with Crippen molar-refractivity contribution in [3.8, 4) is 28.7 Å². The number of ether oxygens (including phenoxy) is 2. The molecule has 0 N–H and O–H groups in total. The average Bonchev–Trinajstić information content (AvgIpc) is 2.92. The number of carbonyl (C=O) groups excluding carboxylic acids is 2. The Labute approximate surface area is 213 Å². The minimum absolute atomic E-state index is 0.283. The van der Waals surface area contributed by atoms with Gasteiger partial charge in [0.15, 0.2) is 5.41 Å². The van der Waals surface area contributed by atoms with Crippen LogP contribution in [-0.2, 0) is 11.2 Å². The lowest BCUT2D eigenvalue weighted by atomic mass is 9.90. The number of hydrogen-bond donors (Lipinski definition) is 0. The van der Waals surface area contributed by atoms with E-state index in [9.17, 15) is 14.9 Å². The lowest BCUT2D eigenvalue weighted by Crippen LogP contribution is -2.29. The van der Waals surface area contributed by atoms with Gasteiger partial charge in [-0.3, -0.25) is 0 Å². The smallest absolute Gasteiger partial charge is 0.343 e. The lowest BCUT2D eigenvalue weighted by Gasteiger charge is -2.17. The second-order valence-corrected chi connectivity index (χ2v) is 9.13. The first-order valence-corrected chi connectivity index (χ1v) is 12.5. The summed E-state index contributed by atoms with van der Waals surface area (Å²) >= 11 is 0. The van der Waals surface area contributed by atoms with Crippen molar-refractivity contribution in [2.75, 3.05) is 0 Å². The zero-order valence-electron chi connectivity index (χ0n) is 21.3. The zero-order chi connectivity index (χ0) is 26.0.